The van der Waals surface area contributed by atoms with E-state index in [2.05, 4.69) is 21.2 Å². The molecule has 0 heterocycles. The first-order valence-corrected chi connectivity index (χ1v) is 7.59. The molecule has 114 valence electrons. The van der Waals surface area contributed by atoms with E-state index in [1.54, 1.807) is 37.3 Å². The largest absolute Gasteiger partial charge is 0.480 e. The van der Waals surface area contributed by atoms with Gasteiger partial charge in [-0.2, -0.15) is 0 Å². The van der Waals surface area contributed by atoms with Crippen molar-refractivity contribution in [3.63, 3.8) is 0 Å². The summed E-state index contributed by atoms with van der Waals surface area (Å²) in [5.41, 5.74) is 1.23. The number of ether oxygens (including phenoxy) is 1. The zero-order chi connectivity index (χ0) is 16.1. The van der Waals surface area contributed by atoms with E-state index in [1.807, 2.05) is 18.2 Å². The highest BCUT2D eigenvalue weighted by molar-refractivity contribution is 9.10. The molecule has 2 aromatic carbocycles. The average molecular weight is 362 g/mol. The van der Waals surface area contributed by atoms with Crippen molar-refractivity contribution >= 4 is 33.3 Å². The van der Waals surface area contributed by atoms with Crippen molar-refractivity contribution in [2.45, 2.75) is 20.0 Å². The molecule has 22 heavy (non-hydrogen) atoms. The molecule has 1 amide bonds. The minimum atomic E-state index is -0.647. The Morgan fingerprint density at radius 2 is 1.73 bits per heavy atom. The molecule has 0 aliphatic heterocycles. The van der Waals surface area contributed by atoms with E-state index in [1.165, 1.54) is 6.92 Å². The first-order valence-electron chi connectivity index (χ1n) is 6.80. The Kier molecular flexibility index (Phi) is 5.33. The van der Waals surface area contributed by atoms with E-state index in [-0.39, 0.29) is 11.7 Å². The smallest absolute Gasteiger partial charge is 0.265 e. The van der Waals surface area contributed by atoms with Gasteiger partial charge >= 0.3 is 0 Å². The van der Waals surface area contributed by atoms with Crippen LogP contribution in [0.1, 0.15) is 24.2 Å². The fraction of sp³-hybridized carbons (Fsp3) is 0.176. The maximum Gasteiger partial charge on any atom is 0.265 e. The summed E-state index contributed by atoms with van der Waals surface area (Å²) in [5, 5.41) is 2.76. The molecule has 0 unspecified atom stereocenters. The highest BCUT2D eigenvalue weighted by Crippen LogP contribution is 2.25. The predicted molar refractivity (Wildman–Crippen MR) is 89.3 cm³/mol. The van der Waals surface area contributed by atoms with Crippen LogP contribution in [-0.4, -0.2) is 17.8 Å². The molecule has 0 radical (unpaired) electrons. The van der Waals surface area contributed by atoms with Crippen molar-refractivity contribution in [1.82, 2.24) is 0 Å². The monoisotopic (exact) mass is 361 g/mol. The Hall–Kier alpha value is -2.14. The Bertz CT molecular complexity index is 683. The second-order valence-corrected chi connectivity index (χ2v) is 5.67. The number of Topliss-reactive ketones (excluding diaryl/α,β-unsaturated/α-hetero) is 1. The van der Waals surface area contributed by atoms with Crippen LogP contribution in [0.4, 0.5) is 5.69 Å². The number of carbonyl (C=O) groups excluding carboxylic acids is 2. The second kappa shape index (κ2) is 7.22. The molecule has 1 N–H and O–H groups in total. The standard InChI is InChI=1S/C17H16BrNO3/c1-11(20)13-7-9-14(10-8-13)19-17(21)12(2)22-16-6-4-3-5-15(16)18/h3-10,12H,1-2H3,(H,19,21)/t12-/m1/s1. The van der Waals surface area contributed by atoms with E-state index in [0.29, 0.717) is 17.0 Å². The number of hydrogen-bond donors (Lipinski definition) is 1. The van der Waals surface area contributed by atoms with Crippen LogP contribution in [0.25, 0.3) is 0 Å². The lowest BCUT2D eigenvalue weighted by Crippen LogP contribution is -2.30. The molecule has 4 nitrogen and oxygen atoms in total. The van der Waals surface area contributed by atoms with E-state index in [0.717, 1.165) is 4.47 Å². The minimum Gasteiger partial charge on any atom is -0.480 e. The number of amides is 1. The van der Waals surface area contributed by atoms with Crippen molar-refractivity contribution < 1.29 is 14.3 Å². The maximum absolute atomic E-state index is 12.1. The zero-order valence-electron chi connectivity index (χ0n) is 12.3. The van der Waals surface area contributed by atoms with Crippen molar-refractivity contribution in [3.05, 3.63) is 58.6 Å². The molecule has 0 bridgehead atoms. The first kappa shape index (κ1) is 16.2. The van der Waals surface area contributed by atoms with E-state index < -0.39 is 6.10 Å². The molecule has 0 saturated heterocycles. The predicted octanol–water partition coefficient (Wildman–Crippen LogP) is 4.06. The molecular weight excluding hydrogens is 346 g/mol. The SMILES string of the molecule is CC(=O)c1ccc(NC(=O)[C@@H](C)Oc2ccccc2Br)cc1. The summed E-state index contributed by atoms with van der Waals surface area (Å²) in [4.78, 5) is 23.3. The molecule has 0 fully saturated rings. The molecule has 2 aromatic rings. The van der Waals surface area contributed by atoms with Crippen LogP contribution in [0, 0.1) is 0 Å². The van der Waals surface area contributed by atoms with Gasteiger partial charge in [0.1, 0.15) is 5.75 Å². The van der Waals surface area contributed by atoms with Gasteiger partial charge in [0.05, 0.1) is 4.47 Å². The fourth-order valence-corrected chi connectivity index (χ4v) is 2.19. The van der Waals surface area contributed by atoms with Crippen molar-refractivity contribution in [1.29, 1.82) is 0 Å². The number of hydrogen-bond acceptors (Lipinski definition) is 3. The van der Waals surface area contributed by atoms with E-state index in [4.69, 9.17) is 4.74 Å². The number of carbonyl (C=O) groups is 2. The Morgan fingerprint density at radius 3 is 2.32 bits per heavy atom. The van der Waals surface area contributed by atoms with Gasteiger partial charge < -0.3 is 10.1 Å². The van der Waals surface area contributed by atoms with Gasteiger partial charge in [-0.3, -0.25) is 9.59 Å². The second-order valence-electron chi connectivity index (χ2n) is 4.81. The number of halogens is 1. The molecule has 5 heteroatoms. The topological polar surface area (TPSA) is 55.4 Å². The third-order valence-electron chi connectivity index (χ3n) is 3.07. The lowest BCUT2D eigenvalue weighted by Gasteiger charge is -2.15. The van der Waals surface area contributed by atoms with Gasteiger partial charge in [0.2, 0.25) is 0 Å². The lowest BCUT2D eigenvalue weighted by molar-refractivity contribution is -0.122. The minimum absolute atomic E-state index is 0.0106. The fourth-order valence-electron chi connectivity index (χ4n) is 1.82. The Balaban J connectivity index is 1.99. The first-order chi connectivity index (χ1) is 10.5. The summed E-state index contributed by atoms with van der Waals surface area (Å²) in [5.74, 6) is 0.340. The summed E-state index contributed by atoms with van der Waals surface area (Å²) < 4.78 is 6.42. The zero-order valence-corrected chi connectivity index (χ0v) is 13.9. The van der Waals surface area contributed by atoms with Gasteiger partial charge in [-0.25, -0.2) is 0 Å². The number of rotatable bonds is 5. The summed E-state index contributed by atoms with van der Waals surface area (Å²) in [6.07, 6.45) is -0.647. The molecule has 0 aromatic heterocycles. The van der Waals surface area contributed by atoms with Crippen LogP contribution in [0.3, 0.4) is 0 Å². The highest BCUT2D eigenvalue weighted by atomic mass is 79.9. The number of para-hydroxylation sites is 1. The van der Waals surface area contributed by atoms with Gasteiger partial charge in [0.25, 0.3) is 5.91 Å². The lowest BCUT2D eigenvalue weighted by atomic mass is 10.1. The van der Waals surface area contributed by atoms with Gasteiger partial charge in [-0.1, -0.05) is 12.1 Å². The molecule has 0 spiro atoms. The molecule has 2 rings (SSSR count). The summed E-state index contributed by atoms with van der Waals surface area (Å²) in [6, 6.07) is 14.1. The van der Waals surface area contributed by atoms with Crippen LogP contribution in [0.5, 0.6) is 5.75 Å². The molecule has 0 aliphatic rings. The maximum atomic E-state index is 12.1. The van der Waals surface area contributed by atoms with Gasteiger partial charge in [-0.05, 0) is 66.2 Å². The molecule has 0 saturated carbocycles. The highest BCUT2D eigenvalue weighted by Gasteiger charge is 2.16. The van der Waals surface area contributed by atoms with E-state index in [9.17, 15) is 9.59 Å². The van der Waals surface area contributed by atoms with Crippen molar-refractivity contribution in [3.8, 4) is 5.75 Å². The van der Waals surface area contributed by atoms with Crippen molar-refractivity contribution in [2.24, 2.45) is 0 Å². The summed E-state index contributed by atoms with van der Waals surface area (Å²) in [7, 11) is 0. The normalized spacial score (nSPS) is 11.6. The number of anilines is 1. The summed E-state index contributed by atoms with van der Waals surface area (Å²) >= 11 is 3.37. The van der Waals surface area contributed by atoms with Gasteiger partial charge in [0, 0.05) is 11.3 Å². The van der Waals surface area contributed by atoms with Crippen LogP contribution in [0.15, 0.2) is 53.0 Å². The van der Waals surface area contributed by atoms with Gasteiger partial charge in [0.15, 0.2) is 11.9 Å². The van der Waals surface area contributed by atoms with Crippen LogP contribution >= 0.6 is 15.9 Å². The van der Waals surface area contributed by atoms with Gasteiger partial charge in [-0.15, -0.1) is 0 Å². The molecular formula is C17H16BrNO3. The average Bonchev–Trinajstić information content (AvgIpc) is 2.50. The quantitative estimate of drug-likeness (QED) is 0.817. The number of benzene rings is 2. The van der Waals surface area contributed by atoms with E-state index >= 15 is 0 Å². The van der Waals surface area contributed by atoms with Crippen LogP contribution in [0.2, 0.25) is 0 Å². The van der Waals surface area contributed by atoms with Crippen LogP contribution < -0.4 is 10.1 Å². The van der Waals surface area contributed by atoms with Crippen LogP contribution in [-0.2, 0) is 4.79 Å². The molecule has 0 aliphatic carbocycles. The number of nitrogens with one attached hydrogen (secondary N) is 1. The third-order valence-corrected chi connectivity index (χ3v) is 3.72. The summed E-state index contributed by atoms with van der Waals surface area (Å²) in [6.45, 7) is 3.18. The van der Waals surface area contributed by atoms with Crippen molar-refractivity contribution in [2.75, 3.05) is 5.32 Å². The Labute approximate surface area is 137 Å². The molecule has 1 atom stereocenters. The number of ketones is 1. The third kappa shape index (κ3) is 4.18. The Morgan fingerprint density at radius 1 is 1.09 bits per heavy atom.